The molecule has 0 aliphatic carbocycles. The summed E-state index contributed by atoms with van der Waals surface area (Å²) in [7, 11) is 1.65. The predicted octanol–water partition coefficient (Wildman–Crippen LogP) is 3.03. The van der Waals surface area contributed by atoms with Gasteiger partial charge in [-0.15, -0.1) is 10.2 Å². The van der Waals surface area contributed by atoms with Crippen LogP contribution in [0.3, 0.4) is 0 Å². The quantitative estimate of drug-likeness (QED) is 0.602. The van der Waals surface area contributed by atoms with Crippen molar-refractivity contribution < 1.29 is 9.53 Å². The van der Waals surface area contributed by atoms with Crippen LogP contribution in [0.4, 0.5) is 5.69 Å². The largest absolute Gasteiger partial charge is 0.383 e. The highest BCUT2D eigenvalue weighted by molar-refractivity contribution is 7.99. The zero-order valence-electron chi connectivity index (χ0n) is 15.3. The smallest absolute Gasteiger partial charge is 0.234 e. The molecule has 0 radical (unpaired) electrons. The number of pyridine rings is 1. The van der Waals surface area contributed by atoms with Gasteiger partial charge < -0.3 is 10.1 Å². The first-order valence-electron chi connectivity index (χ1n) is 8.50. The highest BCUT2D eigenvalue weighted by Gasteiger charge is 2.15. The first kappa shape index (κ1) is 19.1. The van der Waals surface area contributed by atoms with E-state index in [0.717, 1.165) is 22.6 Å². The fourth-order valence-corrected chi connectivity index (χ4v) is 3.29. The molecule has 140 valence electrons. The van der Waals surface area contributed by atoms with E-state index >= 15 is 0 Å². The lowest BCUT2D eigenvalue weighted by molar-refractivity contribution is -0.113. The summed E-state index contributed by atoms with van der Waals surface area (Å²) in [5, 5.41) is 12.2. The van der Waals surface area contributed by atoms with Crippen molar-refractivity contribution in [2.24, 2.45) is 0 Å². The van der Waals surface area contributed by atoms with E-state index in [2.05, 4.69) is 20.5 Å². The standard InChI is InChI=1S/C19H21N5O2S/c1-14-5-3-4-6-16(14)21-17(25)13-27-19-23-22-18(24(19)11-12-26-2)15-7-9-20-10-8-15/h3-10H,11-13H2,1-2H3,(H,21,25). The van der Waals surface area contributed by atoms with Crippen LogP contribution in [-0.4, -0.2) is 45.1 Å². The van der Waals surface area contributed by atoms with Crippen molar-refractivity contribution in [2.75, 3.05) is 24.8 Å². The Balaban J connectivity index is 1.71. The number of hydrogen-bond donors (Lipinski definition) is 1. The number of nitrogens with one attached hydrogen (secondary N) is 1. The maximum atomic E-state index is 12.3. The normalized spacial score (nSPS) is 10.7. The molecule has 3 aromatic rings. The van der Waals surface area contributed by atoms with Crippen molar-refractivity contribution >= 4 is 23.4 Å². The summed E-state index contributed by atoms with van der Waals surface area (Å²) in [6.45, 7) is 3.09. The average molecular weight is 383 g/mol. The minimum Gasteiger partial charge on any atom is -0.383 e. The third kappa shape index (κ3) is 4.93. The Labute approximate surface area is 162 Å². The lowest BCUT2D eigenvalue weighted by atomic mass is 10.2. The summed E-state index contributed by atoms with van der Waals surface area (Å²) in [5.74, 6) is 0.896. The topological polar surface area (TPSA) is 81.9 Å². The van der Waals surface area contributed by atoms with Gasteiger partial charge in [0.25, 0.3) is 0 Å². The maximum Gasteiger partial charge on any atom is 0.234 e. The van der Waals surface area contributed by atoms with Gasteiger partial charge in [-0.3, -0.25) is 14.3 Å². The molecule has 27 heavy (non-hydrogen) atoms. The predicted molar refractivity (Wildman–Crippen MR) is 106 cm³/mol. The Morgan fingerprint density at radius 2 is 1.96 bits per heavy atom. The Morgan fingerprint density at radius 1 is 1.19 bits per heavy atom. The highest BCUT2D eigenvalue weighted by atomic mass is 32.2. The Hall–Kier alpha value is -2.71. The van der Waals surface area contributed by atoms with E-state index < -0.39 is 0 Å². The SMILES string of the molecule is COCCn1c(SCC(=O)Nc2ccccc2C)nnc1-c1ccncc1. The van der Waals surface area contributed by atoms with Crippen molar-refractivity contribution in [3.8, 4) is 11.4 Å². The number of aryl methyl sites for hydroxylation is 1. The van der Waals surface area contributed by atoms with Crippen LogP contribution in [0.1, 0.15) is 5.56 Å². The van der Waals surface area contributed by atoms with Crippen molar-refractivity contribution in [3.63, 3.8) is 0 Å². The fourth-order valence-electron chi connectivity index (χ4n) is 2.52. The number of ether oxygens (including phenoxy) is 1. The molecule has 0 spiro atoms. The number of rotatable bonds is 8. The molecule has 0 saturated carbocycles. The van der Waals surface area contributed by atoms with Gasteiger partial charge in [-0.1, -0.05) is 30.0 Å². The molecule has 0 atom stereocenters. The molecular formula is C19H21N5O2S. The molecule has 3 rings (SSSR count). The van der Waals surface area contributed by atoms with Crippen LogP contribution in [0, 0.1) is 6.92 Å². The monoisotopic (exact) mass is 383 g/mol. The molecule has 8 heteroatoms. The van der Waals surface area contributed by atoms with E-state index in [1.807, 2.05) is 47.9 Å². The van der Waals surface area contributed by atoms with E-state index in [-0.39, 0.29) is 11.7 Å². The number of thioether (sulfide) groups is 1. The molecule has 2 aromatic heterocycles. The minimum atomic E-state index is -0.0824. The van der Waals surface area contributed by atoms with Gasteiger partial charge in [0.2, 0.25) is 5.91 Å². The second-order valence-electron chi connectivity index (χ2n) is 5.84. The first-order chi connectivity index (χ1) is 13.2. The molecule has 0 fully saturated rings. The number of benzene rings is 1. The highest BCUT2D eigenvalue weighted by Crippen LogP contribution is 2.24. The second kappa shape index (κ2) is 9.29. The van der Waals surface area contributed by atoms with E-state index in [9.17, 15) is 4.79 Å². The lowest BCUT2D eigenvalue weighted by Gasteiger charge is -2.10. The van der Waals surface area contributed by atoms with Gasteiger partial charge in [0.1, 0.15) is 0 Å². The van der Waals surface area contributed by atoms with Crippen LogP contribution in [0.25, 0.3) is 11.4 Å². The van der Waals surface area contributed by atoms with Gasteiger partial charge in [0.05, 0.1) is 18.9 Å². The molecule has 7 nitrogen and oxygen atoms in total. The van der Waals surface area contributed by atoms with Gasteiger partial charge in [-0.05, 0) is 30.7 Å². The number of carbonyl (C=O) groups is 1. The molecule has 0 bridgehead atoms. The van der Waals surface area contributed by atoms with Crippen LogP contribution in [0.15, 0.2) is 53.9 Å². The molecule has 1 aromatic carbocycles. The Morgan fingerprint density at radius 3 is 2.70 bits per heavy atom. The summed E-state index contributed by atoms with van der Waals surface area (Å²) < 4.78 is 7.16. The second-order valence-corrected chi connectivity index (χ2v) is 6.78. The van der Waals surface area contributed by atoms with E-state index in [1.165, 1.54) is 11.8 Å². The molecule has 0 unspecified atom stereocenters. The van der Waals surface area contributed by atoms with E-state index in [1.54, 1.807) is 19.5 Å². The van der Waals surface area contributed by atoms with Crippen LogP contribution in [-0.2, 0) is 16.1 Å². The minimum absolute atomic E-state index is 0.0824. The molecule has 0 saturated heterocycles. The lowest BCUT2D eigenvalue weighted by Crippen LogP contribution is -2.15. The van der Waals surface area contributed by atoms with E-state index in [0.29, 0.717) is 18.3 Å². The van der Waals surface area contributed by atoms with Gasteiger partial charge in [0.15, 0.2) is 11.0 Å². The van der Waals surface area contributed by atoms with Gasteiger partial charge in [0, 0.05) is 30.8 Å². The van der Waals surface area contributed by atoms with Crippen LogP contribution in [0.5, 0.6) is 0 Å². The van der Waals surface area contributed by atoms with Crippen LogP contribution < -0.4 is 5.32 Å². The van der Waals surface area contributed by atoms with Crippen LogP contribution in [0.2, 0.25) is 0 Å². The van der Waals surface area contributed by atoms with Crippen molar-refractivity contribution in [1.82, 2.24) is 19.7 Å². The number of hydrogen-bond acceptors (Lipinski definition) is 6. The average Bonchev–Trinajstić information content (AvgIpc) is 3.10. The maximum absolute atomic E-state index is 12.3. The zero-order chi connectivity index (χ0) is 19.1. The van der Waals surface area contributed by atoms with Crippen molar-refractivity contribution in [3.05, 3.63) is 54.4 Å². The third-order valence-corrected chi connectivity index (χ3v) is 4.89. The number of para-hydroxylation sites is 1. The third-order valence-electron chi connectivity index (χ3n) is 3.93. The number of anilines is 1. The summed E-state index contributed by atoms with van der Waals surface area (Å²) in [6.07, 6.45) is 3.43. The number of nitrogens with zero attached hydrogens (tertiary/aromatic N) is 4. The van der Waals surface area contributed by atoms with Crippen LogP contribution >= 0.6 is 11.8 Å². The molecule has 0 aliphatic heterocycles. The first-order valence-corrected chi connectivity index (χ1v) is 9.48. The van der Waals surface area contributed by atoms with E-state index in [4.69, 9.17) is 4.74 Å². The van der Waals surface area contributed by atoms with Gasteiger partial charge in [-0.25, -0.2) is 0 Å². The molecular weight excluding hydrogens is 362 g/mol. The summed E-state index contributed by atoms with van der Waals surface area (Å²) >= 11 is 1.35. The Bertz CT molecular complexity index is 898. The summed E-state index contributed by atoms with van der Waals surface area (Å²) in [4.78, 5) is 16.4. The number of amides is 1. The molecule has 1 N–H and O–H groups in total. The zero-order valence-corrected chi connectivity index (χ0v) is 16.1. The van der Waals surface area contributed by atoms with Crippen molar-refractivity contribution in [2.45, 2.75) is 18.6 Å². The van der Waals surface area contributed by atoms with Gasteiger partial charge in [-0.2, -0.15) is 0 Å². The number of carbonyl (C=O) groups excluding carboxylic acids is 1. The van der Waals surface area contributed by atoms with Gasteiger partial charge >= 0.3 is 0 Å². The number of aromatic nitrogens is 4. The fraction of sp³-hybridized carbons (Fsp3) is 0.263. The summed E-state index contributed by atoms with van der Waals surface area (Å²) in [6, 6.07) is 11.5. The Kier molecular flexibility index (Phi) is 6.56. The van der Waals surface area contributed by atoms with Crippen molar-refractivity contribution in [1.29, 1.82) is 0 Å². The summed E-state index contributed by atoms with van der Waals surface area (Å²) in [5.41, 5.74) is 2.77. The molecule has 2 heterocycles. The molecule has 1 amide bonds. The number of methoxy groups -OCH3 is 1. The molecule has 0 aliphatic rings.